The molecule has 7 nitrogen and oxygen atoms in total. The van der Waals surface area contributed by atoms with Crippen molar-refractivity contribution in [2.24, 2.45) is 0 Å². The normalized spacial score (nSPS) is 12.0. The van der Waals surface area contributed by atoms with Crippen molar-refractivity contribution < 1.29 is 4.79 Å². The van der Waals surface area contributed by atoms with E-state index in [1.54, 1.807) is 18.2 Å². The topological polar surface area (TPSA) is 107 Å². The van der Waals surface area contributed by atoms with Crippen molar-refractivity contribution in [1.29, 1.82) is 0 Å². The maximum absolute atomic E-state index is 12.6. The van der Waals surface area contributed by atoms with E-state index in [0.717, 1.165) is 5.56 Å². The van der Waals surface area contributed by atoms with E-state index in [4.69, 9.17) is 28.9 Å². The minimum atomic E-state index is -0.390. The Kier molecular flexibility index (Phi) is 6.48. The van der Waals surface area contributed by atoms with Crippen LogP contribution in [0, 0.1) is 0 Å². The fourth-order valence-corrected chi connectivity index (χ4v) is 4.20. The van der Waals surface area contributed by atoms with E-state index in [1.807, 2.05) is 12.3 Å². The summed E-state index contributed by atoms with van der Waals surface area (Å²) in [5.74, 6) is -0.0724. The zero-order valence-corrected chi connectivity index (χ0v) is 17.2. The van der Waals surface area contributed by atoms with Gasteiger partial charge < -0.3 is 11.1 Å². The average Bonchev–Trinajstić information content (AvgIpc) is 3.07. The first-order chi connectivity index (χ1) is 13.0. The Balaban J connectivity index is 1.70. The Morgan fingerprint density at radius 1 is 1.33 bits per heavy atom. The molecule has 1 atom stereocenters. The Bertz CT molecular complexity index is 968. The van der Waals surface area contributed by atoms with Crippen molar-refractivity contribution in [3.05, 3.63) is 40.0 Å². The summed E-state index contributed by atoms with van der Waals surface area (Å²) in [6.07, 6.45) is 1.90. The number of aromatic nitrogens is 4. The van der Waals surface area contributed by atoms with Crippen LogP contribution in [0.2, 0.25) is 10.0 Å². The molecule has 2 heterocycles. The monoisotopic (exact) mass is 440 g/mol. The van der Waals surface area contributed by atoms with Crippen LogP contribution in [-0.4, -0.2) is 31.1 Å². The average molecular weight is 441 g/mol. The molecule has 0 saturated carbocycles. The number of hydrogen-bond acceptors (Lipinski definition) is 8. The van der Waals surface area contributed by atoms with Crippen molar-refractivity contribution >= 4 is 63.3 Å². The van der Waals surface area contributed by atoms with Gasteiger partial charge in [-0.3, -0.25) is 4.79 Å². The molecule has 3 rings (SSSR count). The Labute approximate surface area is 173 Å². The molecule has 0 radical (unpaired) electrons. The van der Waals surface area contributed by atoms with Gasteiger partial charge in [0.05, 0.1) is 16.0 Å². The van der Waals surface area contributed by atoms with Gasteiger partial charge in [-0.25, -0.2) is 15.0 Å². The van der Waals surface area contributed by atoms with Gasteiger partial charge in [0.25, 0.3) is 0 Å². The molecule has 3 N–H and O–H groups in total. The predicted molar refractivity (Wildman–Crippen MR) is 110 cm³/mol. The van der Waals surface area contributed by atoms with E-state index in [2.05, 4.69) is 25.3 Å². The third kappa shape index (κ3) is 5.07. The molecule has 27 heavy (non-hydrogen) atoms. The number of thioether (sulfide) groups is 1. The van der Waals surface area contributed by atoms with Crippen molar-refractivity contribution in [2.45, 2.75) is 23.8 Å². The van der Waals surface area contributed by atoms with Crippen molar-refractivity contribution in [3.8, 4) is 11.3 Å². The number of nitrogens with one attached hydrogen (secondary N) is 1. The molecule has 3 aromatic rings. The van der Waals surface area contributed by atoms with Crippen LogP contribution < -0.4 is 11.1 Å². The van der Waals surface area contributed by atoms with Gasteiger partial charge in [-0.1, -0.05) is 41.9 Å². The summed E-state index contributed by atoms with van der Waals surface area (Å²) in [7, 11) is 0. The number of benzene rings is 1. The van der Waals surface area contributed by atoms with Gasteiger partial charge in [0.1, 0.15) is 6.33 Å². The Morgan fingerprint density at radius 2 is 2.15 bits per heavy atom. The molecule has 0 aliphatic heterocycles. The van der Waals surface area contributed by atoms with Crippen LogP contribution in [0.25, 0.3) is 11.3 Å². The molecule has 1 aromatic carbocycles. The number of anilines is 2. The van der Waals surface area contributed by atoms with E-state index in [9.17, 15) is 4.79 Å². The molecule has 0 aliphatic carbocycles. The first-order valence-electron chi connectivity index (χ1n) is 7.79. The number of rotatable bonds is 6. The fourth-order valence-electron chi connectivity index (χ4n) is 2.14. The number of carbonyl (C=O) groups is 1. The Morgan fingerprint density at radius 3 is 2.85 bits per heavy atom. The zero-order valence-electron chi connectivity index (χ0n) is 14.0. The third-order valence-corrected chi connectivity index (χ3v) is 5.97. The second-order valence-corrected chi connectivity index (χ2v) is 8.16. The molecule has 0 saturated heterocycles. The minimum Gasteiger partial charge on any atom is -0.368 e. The van der Waals surface area contributed by atoms with Crippen LogP contribution in [0.1, 0.15) is 13.3 Å². The van der Waals surface area contributed by atoms with Crippen LogP contribution >= 0.6 is 46.3 Å². The molecule has 2 aromatic heterocycles. The molecule has 11 heteroatoms. The van der Waals surface area contributed by atoms with Crippen LogP contribution in [0.5, 0.6) is 0 Å². The van der Waals surface area contributed by atoms with Crippen LogP contribution in [0.4, 0.5) is 11.1 Å². The number of thiazole rings is 1. The van der Waals surface area contributed by atoms with E-state index in [0.29, 0.717) is 32.4 Å². The van der Waals surface area contributed by atoms with Gasteiger partial charge in [0, 0.05) is 16.0 Å². The smallest absolute Gasteiger partial charge is 0.239 e. The summed E-state index contributed by atoms with van der Waals surface area (Å²) >= 11 is 14.7. The number of halogens is 2. The lowest BCUT2D eigenvalue weighted by molar-refractivity contribution is -0.115. The van der Waals surface area contributed by atoms with Crippen molar-refractivity contribution in [1.82, 2.24) is 19.9 Å². The van der Waals surface area contributed by atoms with E-state index >= 15 is 0 Å². The van der Waals surface area contributed by atoms with E-state index < -0.39 is 5.25 Å². The molecule has 1 amide bonds. The summed E-state index contributed by atoms with van der Waals surface area (Å²) < 4.78 is 0. The number of nitrogen functional groups attached to an aromatic ring is 1. The minimum absolute atomic E-state index is 0.118. The highest BCUT2D eigenvalue weighted by Crippen LogP contribution is 2.32. The SMILES string of the molecule is CCC(Sc1ncnc(N)n1)C(=O)Nc1nc(-c2ccc(Cl)cc2Cl)cs1. The van der Waals surface area contributed by atoms with Gasteiger partial charge in [-0.05, 0) is 24.6 Å². The first-order valence-corrected chi connectivity index (χ1v) is 10.3. The molecular formula is C16H14Cl2N6OS2. The van der Waals surface area contributed by atoms with Crippen LogP contribution in [-0.2, 0) is 4.79 Å². The highest BCUT2D eigenvalue weighted by molar-refractivity contribution is 8.00. The molecule has 0 aliphatic rings. The number of nitrogens with two attached hydrogens (primary N) is 1. The number of nitrogens with zero attached hydrogens (tertiary/aromatic N) is 4. The summed E-state index contributed by atoms with van der Waals surface area (Å²) in [4.78, 5) is 28.8. The molecular weight excluding hydrogens is 427 g/mol. The van der Waals surface area contributed by atoms with Gasteiger partial charge in [0.2, 0.25) is 11.9 Å². The molecule has 0 spiro atoms. The predicted octanol–water partition coefficient (Wildman–Crippen LogP) is 4.39. The highest BCUT2D eigenvalue weighted by Gasteiger charge is 2.21. The number of carbonyl (C=O) groups excluding carboxylic acids is 1. The van der Waals surface area contributed by atoms with Crippen LogP contribution in [0.15, 0.2) is 35.1 Å². The van der Waals surface area contributed by atoms with E-state index in [-0.39, 0.29) is 11.9 Å². The summed E-state index contributed by atoms with van der Waals surface area (Å²) in [5, 5.41) is 6.19. The molecule has 0 fully saturated rings. The lowest BCUT2D eigenvalue weighted by Crippen LogP contribution is -2.24. The molecule has 140 valence electrons. The van der Waals surface area contributed by atoms with Gasteiger partial charge in [0.15, 0.2) is 10.3 Å². The summed E-state index contributed by atoms with van der Waals surface area (Å²) in [6, 6.07) is 5.19. The second-order valence-electron chi connectivity index (χ2n) is 5.29. The second kappa shape index (κ2) is 8.83. The zero-order chi connectivity index (χ0) is 19.4. The fraction of sp³-hybridized carbons (Fsp3) is 0.188. The van der Waals surface area contributed by atoms with Crippen LogP contribution in [0.3, 0.4) is 0 Å². The number of hydrogen-bond donors (Lipinski definition) is 2. The summed E-state index contributed by atoms with van der Waals surface area (Å²) in [6.45, 7) is 1.91. The molecule has 1 unspecified atom stereocenters. The largest absolute Gasteiger partial charge is 0.368 e. The van der Waals surface area contributed by atoms with Crippen molar-refractivity contribution in [3.63, 3.8) is 0 Å². The third-order valence-electron chi connectivity index (χ3n) is 3.42. The van der Waals surface area contributed by atoms with Gasteiger partial charge in [-0.2, -0.15) is 4.98 Å². The quantitative estimate of drug-likeness (QED) is 0.546. The maximum atomic E-state index is 12.6. The first kappa shape index (κ1) is 19.8. The maximum Gasteiger partial charge on any atom is 0.239 e. The highest BCUT2D eigenvalue weighted by atomic mass is 35.5. The van der Waals surface area contributed by atoms with Gasteiger partial charge >= 0.3 is 0 Å². The lowest BCUT2D eigenvalue weighted by Gasteiger charge is -2.12. The van der Waals surface area contributed by atoms with Crippen molar-refractivity contribution in [2.75, 3.05) is 11.1 Å². The molecule has 0 bridgehead atoms. The lowest BCUT2D eigenvalue weighted by atomic mass is 10.2. The summed E-state index contributed by atoms with van der Waals surface area (Å²) in [5.41, 5.74) is 6.97. The number of amides is 1. The standard InChI is InChI=1S/C16H14Cl2N6OS2/c1-2-12(27-15-21-7-20-14(19)24-15)13(25)23-16-22-11(6-26-16)9-4-3-8(17)5-10(9)18/h3-7,12H,2H2,1H3,(H,22,23,25)(H2,19,20,21,24). The van der Waals surface area contributed by atoms with Gasteiger partial charge in [-0.15, -0.1) is 11.3 Å². The van der Waals surface area contributed by atoms with E-state index in [1.165, 1.54) is 29.4 Å². The Hall–Kier alpha value is -1.94.